The number of hydrogen-bond acceptors (Lipinski definition) is 5. The molecular formula is C19H20IN3OS. The van der Waals surface area contributed by atoms with E-state index in [0.29, 0.717) is 6.04 Å². The van der Waals surface area contributed by atoms with Crippen molar-refractivity contribution in [2.24, 2.45) is 4.99 Å². The molecular weight excluding hydrogens is 445 g/mol. The molecule has 130 valence electrons. The normalized spacial score (nSPS) is 25.0. The Morgan fingerprint density at radius 1 is 1.32 bits per heavy atom. The number of pyridine rings is 1. The summed E-state index contributed by atoms with van der Waals surface area (Å²) in [4.78, 5) is 12.2. The summed E-state index contributed by atoms with van der Waals surface area (Å²) in [5.74, 6) is 2.04. The van der Waals surface area contributed by atoms with Crippen LogP contribution in [0.25, 0.3) is 0 Å². The van der Waals surface area contributed by atoms with Gasteiger partial charge in [0.2, 0.25) is 0 Å². The van der Waals surface area contributed by atoms with Gasteiger partial charge in [-0.25, -0.2) is 0 Å². The van der Waals surface area contributed by atoms with Gasteiger partial charge >= 0.3 is 0 Å². The van der Waals surface area contributed by atoms with Gasteiger partial charge in [-0.1, -0.05) is 30.8 Å². The minimum Gasteiger partial charge on any atom is -0.496 e. The zero-order valence-electron chi connectivity index (χ0n) is 14.2. The van der Waals surface area contributed by atoms with Crippen LogP contribution in [0.4, 0.5) is 0 Å². The van der Waals surface area contributed by atoms with Gasteiger partial charge in [0.25, 0.3) is 0 Å². The number of thioether (sulfide) groups is 1. The van der Waals surface area contributed by atoms with Crippen molar-refractivity contribution in [1.29, 1.82) is 0 Å². The number of hydrogen-bond donors (Lipinski definition) is 0. The van der Waals surface area contributed by atoms with Crippen LogP contribution in [0.1, 0.15) is 36.7 Å². The largest absolute Gasteiger partial charge is 0.496 e. The van der Waals surface area contributed by atoms with Crippen molar-refractivity contribution in [3.63, 3.8) is 0 Å². The summed E-state index contributed by atoms with van der Waals surface area (Å²) in [5.41, 5.74) is 2.32. The fourth-order valence-electron chi connectivity index (χ4n) is 3.58. The lowest BCUT2D eigenvalue weighted by Gasteiger charge is -2.32. The van der Waals surface area contributed by atoms with Crippen molar-refractivity contribution < 1.29 is 4.74 Å². The molecule has 1 fully saturated rings. The van der Waals surface area contributed by atoms with E-state index in [-0.39, 0.29) is 12.1 Å². The highest BCUT2D eigenvalue weighted by Crippen LogP contribution is 2.48. The van der Waals surface area contributed by atoms with Gasteiger partial charge in [0.15, 0.2) is 5.17 Å². The number of fused-ring (bicyclic) bond motifs is 1. The zero-order valence-corrected chi connectivity index (χ0v) is 17.2. The highest BCUT2D eigenvalue weighted by molar-refractivity contribution is 14.1. The SMILES string of the molecule is CCC1CSC2=NC(c3ccccn3)C(c3ccc(OC)c(I)c3)N21. The summed E-state index contributed by atoms with van der Waals surface area (Å²) in [7, 11) is 1.72. The van der Waals surface area contributed by atoms with Gasteiger partial charge in [-0.2, -0.15) is 0 Å². The number of aliphatic imine (C=N–C) groups is 1. The maximum atomic E-state index is 5.44. The first-order chi connectivity index (χ1) is 12.2. The van der Waals surface area contributed by atoms with E-state index in [2.05, 4.69) is 63.7 Å². The predicted molar refractivity (Wildman–Crippen MR) is 111 cm³/mol. The van der Waals surface area contributed by atoms with E-state index >= 15 is 0 Å². The maximum Gasteiger partial charge on any atom is 0.160 e. The Balaban J connectivity index is 1.79. The Labute approximate surface area is 166 Å². The molecule has 25 heavy (non-hydrogen) atoms. The summed E-state index contributed by atoms with van der Waals surface area (Å²) in [6.07, 6.45) is 2.99. The Morgan fingerprint density at radius 3 is 2.88 bits per heavy atom. The third kappa shape index (κ3) is 3.03. The highest BCUT2D eigenvalue weighted by Gasteiger charge is 2.45. The number of halogens is 1. The van der Waals surface area contributed by atoms with Gasteiger partial charge in [0.1, 0.15) is 11.8 Å². The lowest BCUT2D eigenvalue weighted by Crippen LogP contribution is -2.35. The minimum absolute atomic E-state index is 0.0437. The highest BCUT2D eigenvalue weighted by atomic mass is 127. The van der Waals surface area contributed by atoms with E-state index in [1.165, 1.54) is 10.7 Å². The quantitative estimate of drug-likeness (QED) is 0.615. The number of benzene rings is 1. The molecule has 3 atom stereocenters. The number of nitrogens with zero attached hydrogens (tertiary/aromatic N) is 3. The van der Waals surface area contributed by atoms with Crippen LogP contribution in [0, 0.1) is 3.57 Å². The average molecular weight is 465 g/mol. The molecule has 1 aromatic heterocycles. The summed E-state index contributed by atoms with van der Waals surface area (Å²) in [5, 5.41) is 1.17. The van der Waals surface area contributed by atoms with Crippen LogP contribution in [0.15, 0.2) is 47.6 Å². The Bertz CT molecular complexity index is 799. The molecule has 0 aliphatic carbocycles. The third-order valence-electron chi connectivity index (χ3n) is 4.85. The fourth-order valence-corrected chi connectivity index (χ4v) is 5.67. The van der Waals surface area contributed by atoms with Gasteiger partial charge < -0.3 is 9.64 Å². The second-order valence-electron chi connectivity index (χ2n) is 6.23. The Kier molecular flexibility index (Phi) is 4.90. The van der Waals surface area contributed by atoms with Gasteiger partial charge in [-0.15, -0.1) is 0 Å². The van der Waals surface area contributed by atoms with Crippen LogP contribution < -0.4 is 4.74 Å². The average Bonchev–Trinajstić information content (AvgIpc) is 3.21. The van der Waals surface area contributed by atoms with E-state index in [1.54, 1.807) is 7.11 Å². The molecule has 0 N–H and O–H groups in total. The second kappa shape index (κ2) is 7.15. The van der Waals surface area contributed by atoms with Crippen molar-refractivity contribution >= 4 is 39.5 Å². The number of rotatable bonds is 4. The Hall–Kier alpha value is -1.28. The monoisotopic (exact) mass is 465 g/mol. The molecule has 4 rings (SSSR count). The fraction of sp³-hybridized carbons (Fsp3) is 0.368. The second-order valence-corrected chi connectivity index (χ2v) is 8.38. The Morgan fingerprint density at radius 2 is 2.20 bits per heavy atom. The molecule has 0 spiro atoms. The van der Waals surface area contributed by atoms with Crippen molar-refractivity contribution in [3.8, 4) is 5.75 Å². The topological polar surface area (TPSA) is 37.7 Å². The molecule has 0 amide bonds. The van der Waals surface area contributed by atoms with Crippen LogP contribution >= 0.6 is 34.4 Å². The van der Waals surface area contributed by atoms with Crippen molar-refractivity contribution in [2.75, 3.05) is 12.9 Å². The standard InChI is InChI=1S/C19H20IN3OS/c1-3-13-11-25-19-22-17(15-6-4-5-9-21-15)18(23(13)19)12-7-8-16(24-2)14(20)10-12/h4-10,13,17-18H,3,11H2,1-2H3. The van der Waals surface area contributed by atoms with Crippen LogP contribution in [0.3, 0.4) is 0 Å². The predicted octanol–water partition coefficient (Wildman–Crippen LogP) is 4.67. The summed E-state index contributed by atoms with van der Waals surface area (Å²) in [6, 6.07) is 13.3. The molecule has 0 saturated carbocycles. The first-order valence-corrected chi connectivity index (χ1v) is 10.5. The number of methoxy groups -OCH3 is 1. The lowest BCUT2D eigenvalue weighted by molar-refractivity contribution is 0.255. The van der Waals surface area contributed by atoms with Crippen LogP contribution in [-0.2, 0) is 0 Å². The van der Waals surface area contributed by atoms with Crippen molar-refractivity contribution in [1.82, 2.24) is 9.88 Å². The first-order valence-electron chi connectivity index (χ1n) is 8.46. The van der Waals surface area contributed by atoms with Gasteiger partial charge in [0.05, 0.1) is 22.4 Å². The molecule has 3 unspecified atom stereocenters. The van der Waals surface area contributed by atoms with Crippen molar-refractivity contribution in [2.45, 2.75) is 31.5 Å². The molecule has 1 saturated heterocycles. The van der Waals surface area contributed by atoms with Gasteiger partial charge in [-0.3, -0.25) is 9.98 Å². The first kappa shape index (κ1) is 17.1. The van der Waals surface area contributed by atoms with E-state index < -0.39 is 0 Å². The van der Waals surface area contributed by atoms with Crippen LogP contribution in [0.5, 0.6) is 5.75 Å². The molecule has 2 aliphatic rings. The van der Waals surface area contributed by atoms with E-state index in [1.807, 2.05) is 30.1 Å². The van der Waals surface area contributed by atoms with E-state index in [4.69, 9.17) is 9.73 Å². The molecule has 2 aliphatic heterocycles. The van der Waals surface area contributed by atoms with E-state index in [0.717, 1.165) is 27.2 Å². The van der Waals surface area contributed by atoms with Crippen LogP contribution in [-0.4, -0.2) is 34.0 Å². The molecule has 0 bridgehead atoms. The summed E-state index contributed by atoms with van der Waals surface area (Å²) >= 11 is 4.22. The van der Waals surface area contributed by atoms with E-state index in [9.17, 15) is 0 Å². The summed E-state index contributed by atoms with van der Waals surface area (Å²) in [6.45, 7) is 2.26. The zero-order chi connectivity index (χ0) is 17.4. The number of aromatic nitrogens is 1. The molecule has 2 aromatic rings. The van der Waals surface area contributed by atoms with Gasteiger partial charge in [0, 0.05) is 18.0 Å². The third-order valence-corrected chi connectivity index (χ3v) is 6.82. The van der Waals surface area contributed by atoms with Crippen LogP contribution in [0.2, 0.25) is 0 Å². The summed E-state index contributed by atoms with van der Waals surface area (Å²) < 4.78 is 6.57. The van der Waals surface area contributed by atoms with Gasteiger partial charge in [-0.05, 0) is 58.8 Å². The maximum absolute atomic E-state index is 5.44. The lowest BCUT2D eigenvalue weighted by atomic mass is 9.95. The molecule has 4 nitrogen and oxygen atoms in total. The number of ether oxygens (including phenoxy) is 1. The van der Waals surface area contributed by atoms with Crippen molar-refractivity contribution in [3.05, 3.63) is 57.4 Å². The molecule has 6 heteroatoms. The number of amidine groups is 1. The molecule has 3 heterocycles. The smallest absolute Gasteiger partial charge is 0.160 e. The minimum atomic E-state index is 0.0437. The molecule has 0 radical (unpaired) electrons. The molecule has 1 aromatic carbocycles.